The fourth-order valence-corrected chi connectivity index (χ4v) is 4.47. The van der Waals surface area contributed by atoms with E-state index in [0.717, 1.165) is 5.56 Å². The molecule has 0 aliphatic carbocycles. The average molecular weight is 555 g/mol. The Balaban J connectivity index is 1.63. The molecule has 2 aliphatic rings. The molecule has 0 radical (unpaired) electrons. The molecule has 0 bridgehead atoms. The number of methoxy groups -OCH3 is 1. The zero-order chi connectivity index (χ0) is 26.5. The molecule has 13 heteroatoms. The first-order valence-electron chi connectivity index (χ1n) is 10.4. The smallest absolute Gasteiger partial charge is 0.375 e. The molecule has 1 saturated heterocycles. The highest BCUT2D eigenvalue weighted by Gasteiger charge is 2.60. The molecular formula is C23H18Cl2F6N2O3. The minimum Gasteiger partial charge on any atom is -0.375 e. The maximum Gasteiger partial charge on any atom is 0.428 e. The highest BCUT2D eigenvalue weighted by atomic mass is 35.5. The van der Waals surface area contributed by atoms with Crippen molar-refractivity contribution >= 4 is 34.8 Å². The van der Waals surface area contributed by atoms with Crippen LogP contribution >= 0.6 is 23.2 Å². The summed E-state index contributed by atoms with van der Waals surface area (Å²) in [6.07, 6.45) is -9.52. The summed E-state index contributed by atoms with van der Waals surface area (Å²) in [6.45, 7) is 0.957. The molecule has 4 rings (SSSR count). The van der Waals surface area contributed by atoms with Crippen LogP contribution < -0.4 is 5.48 Å². The molecular weight excluding hydrogens is 537 g/mol. The number of hydroxylamine groups is 1. The zero-order valence-electron chi connectivity index (χ0n) is 18.4. The van der Waals surface area contributed by atoms with E-state index in [0.29, 0.717) is 30.8 Å². The Morgan fingerprint density at radius 2 is 1.78 bits per heavy atom. The zero-order valence-corrected chi connectivity index (χ0v) is 19.9. The van der Waals surface area contributed by atoms with Gasteiger partial charge in [-0.1, -0.05) is 47.5 Å². The molecule has 1 unspecified atom stereocenters. The third kappa shape index (κ3) is 4.77. The van der Waals surface area contributed by atoms with E-state index in [-0.39, 0.29) is 30.2 Å². The molecule has 0 saturated carbocycles. The lowest BCUT2D eigenvalue weighted by Gasteiger charge is -2.39. The molecule has 2 aromatic carbocycles. The molecule has 0 aromatic heterocycles. The summed E-state index contributed by atoms with van der Waals surface area (Å²) in [5.74, 6) is -0.0739. The van der Waals surface area contributed by atoms with Gasteiger partial charge in [0, 0.05) is 31.7 Å². The topological polar surface area (TPSA) is 50.8 Å². The summed E-state index contributed by atoms with van der Waals surface area (Å²) in [6, 6.07) is 7.49. The number of likely N-dealkylation sites (tertiary alicyclic amines) is 1. The summed E-state index contributed by atoms with van der Waals surface area (Å²) >= 11 is 11.4. The Morgan fingerprint density at radius 3 is 2.33 bits per heavy atom. The Kier molecular flexibility index (Phi) is 6.97. The highest BCUT2D eigenvalue weighted by Crippen LogP contribution is 2.50. The lowest BCUT2D eigenvalue weighted by atomic mass is 9.89. The number of ether oxygens (including phenoxy) is 1. The van der Waals surface area contributed by atoms with Gasteiger partial charge < -0.3 is 9.64 Å². The normalized spacial score (nSPS) is 20.7. The first-order valence-corrected chi connectivity index (χ1v) is 11.2. The van der Waals surface area contributed by atoms with Crippen LogP contribution in [0.2, 0.25) is 10.0 Å². The van der Waals surface area contributed by atoms with Crippen molar-refractivity contribution < 1.29 is 40.7 Å². The van der Waals surface area contributed by atoms with E-state index >= 15 is 0 Å². The number of hydrogen-bond donors (Lipinski definition) is 1. The number of hydrogen-bond acceptors (Lipinski definition) is 4. The van der Waals surface area contributed by atoms with Crippen molar-refractivity contribution in [1.82, 2.24) is 10.4 Å². The summed E-state index contributed by atoms with van der Waals surface area (Å²) in [4.78, 5) is 18.3. The van der Waals surface area contributed by atoms with Crippen LogP contribution in [0.3, 0.4) is 0 Å². The Bertz CT molecular complexity index is 1190. The predicted octanol–water partition coefficient (Wildman–Crippen LogP) is 5.92. The number of alkyl halides is 6. The summed E-state index contributed by atoms with van der Waals surface area (Å²) in [5, 5.41) is -1.60. The highest BCUT2D eigenvalue weighted by molar-refractivity contribution is 6.42. The molecule has 1 amide bonds. The van der Waals surface area contributed by atoms with Crippen molar-refractivity contribution in [3.8, 4) is 0 Å². The third-order valence-corrected chi connectivity index (χ3v) is 6.85. The van der Waals surface area contributed by atoms with Crippen LogP contribution in [0.1, 0.15) is 28.2 Å². The lowest BCUT2D eigenvalue weighted by molar-refractivity contribution is -0.269. The summed E-state index contributed by atoms with van der Waals surface area (Å²) in [7, 11) is 1.42. The monoisotopic (exact) mass is 554 g/mol. The molecule has 5 nitrogen and oxygen atoms in total. The number of halogens is 8. The number of carbonyl (C=O) groups is 1. The van der Waals surface area contributed by atoms with Crippen LogP contribution in [0.15, 0.2) is 42.5 Å². The van der Waals surface area contributed by atoms with Gasteiger partial charge in [-0.2, -0.15) is 26.3 Å². The SMILES string of the molecule is COCC(=O)N1CC(c2ccc(C3=CC(c4cc(Cl)c(Cl)c(C(F)(F)F)c4)(C(F)(F)F)ON3)cc2)C1. The largest absolute Gasteiger partial charge is 0.428 e. The van der Waals surface area contributed by atoms with E-state index in [9.17, 15) is 31.1 Å². The van der Waals surface area contributed by atoms with E-state index in [2.05, 4.69) is 5.48 Å². The molecule has 2 aliphatic heterocycles. The van der Waals surface area contributed by atoms with Crippen LogP contribution in [0.25, 0.3) is 5.70 Å². The quantitative estimate of drug-likeness (QED) is 0.466. The Hall–Kier alpha value is -2.47. The molecule has 36 heavy (non-hydrogen) atoms. The molecule has 2 aromatic rings. The molecule has 2 heterocycles. The van der Waals surface area contributed by atoms with E-state index < -0.39 is 39.1 Å². The van der Waals surface area contributed by atoms with Crippen LogP contribution in [-0.2, 0) is 26.1 Å². The second-order valence-corrected chi connectivity index (χ2v) is 9.15. The first kappa shape index (κ1) is 26.6. The summed E-state index contributed by atoms with van der Waals surface area (Å²) < 4.78 is 87.6. The Morgan fingerprint density at radius 1 is 1.14 bits per heavy atom. The molecule has 194 valence electrons. The van der Waals surface area contributed by atoms with Gasteiger partial charge in [0.2, 0.25) is 11.5 Å². The molecule has 0 spiro atoms. The van der Waals surface area contributed by atoms with Crippen molar-refractivity contribution in [3.63, 3.8) is 0 Å². The standard InChI is InChI=1S/C23H18Cl2F6N2O3/c1-35-11-19(34)33-9-14(10-33)12-2-4-13(5-3-12)18-8-21(36-32-18,23(29,30)31)15-6-16(22(26,27)28)20(25)17(24)7-15/h2-8,14,32H,9-11H2,1H3. The molecule has 1 N–H and O–H groups in total. The van der Waals surface area contributed by atoms with Gasteiger partial charge in [0.15, 0.2) is 0 Å². The van der Waals surface area contributed by atoms with Crippen molar-refractivity contribution in [3.05, 3.63) is 74.8 Å². The van der Waals surface area contributed by atoms with E-state index in [4.69, 9.17) is 32.8 Å². The fourth-order valence-electron chi connectivity index (χ4n) is 4.04. The number of carbonyl (C=O) groups excluding carboxylic acids is 1. The van der Waals surface area contributed by atoms with Gasteiger partial charge in [-0.05, 0) is 29.3 Å². The van der Waals surface area contributed by atoms with Gasteiger partial charge >= 0.3 is 12.4 Å². The first-order chi connectivity index (χ1) is 16.8. The van der Waals surface area contributed by atoms with Crippen LogP contribution in [-0.4, -0.2) is 43.8 Å². The number of nitrogens with one attached hydrogen (secondary N) is 1. The fraction of sp³-hybridized carbons (Fsp3) is 0.348. The van der Waals surface area contributed by atoms with E-state index in [1.807, 2.05) is 0 Å². The lowest BCUT2D eigenvalue weighted by Crippen LogP contribution is -2.49. The van der Waals surface area contributed by atoms with Crippen LogP contribution in [0, 0.1) is 0 Å². The third-order valence-electron chi connectivity index (χ3n) is 6.05. The van der Waals surface area contributed by atoms with Gasteiger partial charge in [0.1, 0.15) is 6.61 Å². The maximum atomic E-state index is 14.2. The van der Waals surface area contributed by atoms with E-state index in [1.165, 1.54) is 7.11 Å². The number of rotatable bonds is 5. The van der Waals surface area contributed by atoms with Gasteiger partial charge in [-0.15, -0.1) is 0 Å². The predicted molar refractivity (Wildman–Crippen MR) is 119 cm³/mol. The second-order valence-electron chi connectivity index (χ2n) is 8.36. The van der Waals surface area contributed by atoms with Crippen molar-refractivity contribution in [2.75, 3.05) is 26.8 Å². The van der Waals surface area contributed by atoms with Crippen molar-refractivity contribution in [2.45, 2.75) is 23.9 Å². The van der Waals surface area contributed by atoms with Gasteiger partial charge in [-0.3, -0.25) is 15.1 Å². The minimum atomic E-state index is -5.15. The van der Waals surface area contributed by atoms with E-state index in [1.54, 1.807) is 29.2 Å². The Labute approximate surface area is 211 Å². The molecule has 1 fully saturated rings. The van der Waals surface area contributed by atoms with Gasteiger partial charge in [0.05, 0.1) is 21.3 Å². The van der Waals surface area contributed by atoms with Crippen LogP contribution in [0.4, 0.5) is 26.3 Å². The second kappa shape index (κ2) is 9.44. The average Bonchev–Trinajstić information content (AvgIpc) is 3.21. The van der Waals surface area contributed by atoms with Crippen LogP contribution in [0.5, 0.6) is 0 Å². The van der Waals surface area contributed by atoms with Crippen molar-refractivity contribution in [1.29, 1.82) is 0 Å². The molecule has 1 atom stereocenters. The van der Waals surface area contributed by atoms with Gasteiger partial charge in [-0.25, -0.2) is 0 Å². The number of nitrogens with zero attached hydrogens (tertiary/aromatic N) is 1. The summed E-state index contributed by atoms with van der Waals surface area (Å²) in [5.41, 5.74) is -2.35. The maximum absolute atomic E-state index is 14.2. The van der Waals surface area contributed by atoms with Gasteiger partial charge in [0.25, 0.3) is 0 Å². The number of amides is 1. The number of benzene rings is 2. The minimum absolute atomic E-state index is 0.0181. The van der Waals surface area contributed by atoms with Crippen molar-refractivity contribution in [2.24, 2.45) is 0 Å².